The highest BCUT2D eigenvalue weighted by atomic mass is 35.5. The lowest BCUT2D eigenvalue weighted by molar-refractivity contribution is -0.126. The highest BCUT2D eigenvalue weighted by molar-refractivity contribution is 6.42. The van der Waals surface area contributed by atoms with E-state index in [1.807, 2.05) is 0 Å². The van der Waals surface area contributed by atoms with E-state index in [0.717, 1.165) is 11.2 Å². The lowest BCUT2D eigenvalue weighted by atomic mass is 9.89. The lowest BCUT2D eigenvalue weighted by Gasteiger charge is -2.31. The largest absolute Gasteiger partial charge is 0.443 e. The second kappa shape index (κ2) is 7.58. The van der Waals surface area contributed by atoms with Gasteiger partial charge in [-0.15, -0.1) is 0 Å². The summed E-state index contributed by atoms with van der Waals surface area (Å²) in [5.41, 5.74) is -0.0340. The number of carbonyl (C=O) groups is 3. The zero-order valence-electron chi connectivity index (χ0n) is 14.2. The molecule has 0 radical (unpaired) electrons. The van der Waals surface area contributed by atoms with Gasteiger partial charge in [0.15, 0.2) is 0 Å². The zero-order valence-corrected chi connectivity index (χ0v) is 15.7. The maximum Gasteiger partial charge on any atom is 0.417 e. The molecule has 1 aliphatic rings. The molecule has 1 heterocycles. The smallest absolute Gasteiger partial charge is 0.417 e. The van der Waals surface area contributed by atoms with Crippen molar-refractivity contribution in [2.24, 2.45) is 0 Å². The van der Waals surface area contributed by atoms with Crippen molar-refractivity contribution in [3.8, 4) is 0 Å². The molecule has 2 atom stereocenters. The van der Waals surface area contributed by atoms with Crippen molar-refractivity contribution in [1.29, 1.82) is 0 Å². The summed E-state index contributed by atoms with van der Waals surface area (Å²) < 4.78 is 5.32. The van der Waals surface area contributed by atoms with Crippen molar-refractivity contribution in [2.75, 3.05) is 0 Å². The fourth-order valence-electron chi connectivity index (χ4n) is 2.65. The fraction of sp³-hybridized carbons (Fsp3) is 0.389. The highest BCUT2D eigenvalue weighted by Gasteiger charge is 2.39. The SMILES string of the molecule is CC(C)(C)OC(=O)N1C(=O)C=C[C@@H]1[C@@H](CC=O)c1ccc(Cl)c(Cl)c1. The van der Waals surface area contributed by atoms with Gasteiger partial charge in [0.05, 0.1) is 16.1 Å². The van der Waals surface area contributed by atoms with Gasteiger partial charge in [-0.05, 0) is 38.5 Å². The Morgan fingerprint density at radius 3 is 2.56 bits per heavy atom. The second-order valence-electron chi connectivity index (χ2n) is 6.72. The van der Waals surface area contributed by atoms with Crippen molar-refractivity contribution in [2.45, 2.75) is 44.8 Å². The van der Waals surface area contributed by atoms with E-state index in [9.17, 15) is 14.4 Å². The molecular weight excluding hydrogens is 365 g/mol. The number of nitrogens with zero attached hydrogens (tertiary/aromatic N) is 1. The first-order valence-corrected chi connectivity index (χ1v) is 8.52. The predicted molar refractivity (Wildman–Crippen MR) is 95.9 cm³/mol. The summed E-state index contributed by atoms with van der Waals surface area (Å²) >= 11 is 12.0. The van der Waals surface area contributed by atoms with Crippen LogP contribution in [0.4, 0.5) is 4.79 Å². The van der Waals surface area contributed by atoms with Crippen LogP contribution in [0.25, 0.3) is 0 Å². The molecule has 0 saturated carbocycles. The van der Waals surface area contributed by atoms with Crippen LogP contribution >= 0.6 is 23.2 Å². The molecule has 1 aliphatic heterocycles. The number of rotatable bonds is 4. The third-order valence-electron chi connectivity index (χ3n) is 3.70. The number of hydrogen-bond acceptors (Lipinski definition) is 4. The van der Waals surface area contributed by atoms with Crippen molar-refractivity contribution in [3.05, 3.63) is 46.0 Å². The summed E-state index contributed by atoms with van der Waals surface area (Å²) in [4.78, 5) is 36.8. The number of amides is 2. The van der Waals surface area contributed by atoms with E-state index in [1.165, 1.54) is 6.08 Å². The third-order valence-corrected chi connectivity index (χ3v) is 4.43. The topological polar surface area (TPSA) is 63.7 Å². The number of aldehydes is 1. The molecule has 0 saturated heterocycles. The first-order valence-electron chi connectivity index (χ1n) is 7.77. The van der Waals surface area contributed by atoms with Gasteiger partial charge in [-0.3, -0.25) is 4.79 Å². The Kier molecular flexibility index (Phi) is 5.91. The van der Waals surface area contributed by atoms with Gasteiger partial charge in [0.1, 0.15) is 11.9 Å². The zero-order chi connectivity index (χ0) is 18.8. The Hall–Kier alpha value is -1.85. The van der Waals surface area contributed by atoms with Crippen molar-refractivity contribution >= 4 is 41.5 Å². The average molecular weight is 384 g/mol. The number of benzene rings is 1. The van der Waals surface area contributed by atoms with Crippen LogP contribution in [0.3, 0.4) is 0 Å². The summed E-state index contributed by atoms with van der Waals surface area (Å²) in [5, 5.41) is 0.726. The van der Waals surface area contributed by atoms with E-state index in [1.54, 1.807) is 45.0 Å². The molecule has 0 fully saturated rings. The minimum Gasteiger partial charge on any atom is -0.443 e. The van der Waals surface area contributed by atoms with Crippen LogP contribution in [-0.4, -0.2) is 34.8 Å². The first-order chi connectivity index (χ1) is 11.6. The molecule has 7 heteroatoms. The van der Waals surface area contributed by atoms with Gasteiger partial charge in [0, 0.05) is 18.4 Å². The number of imide groups is 1. The maximum atomic E-state index is 12.5. The molecule has 2 amide bonds. The second-order valence-corrected chi connectivity index (χ2v) is 7.54. The maximum absolute atomic E-state index is 12.5. The molecule has 0 unspecified atom stereocenters. The molecular formula is C18H19Cl2NO4. The third kappa shape index (κ3) is 4.61. The monoisotopic (exact) mass is 383 g/mol. The summed E-state index contributed by atoms with van der Waals surface area (Å²) in [5.74, 6) is -0.919. The number of ether oxygens (including phenoxy) is 1. The van der Waals surface area contributed by atoms with E-state index in [0.29, 0.717) is 15.6 Å². The van der Waals surface area contributed by atoms with Crippen LogP contribution in [0.5, 0.6) is 0 Å². The summed E-state index contributed by atoms with van der Waals surface area (Å²) in [6, 6.07) is 4.36. The van der Waals surface area contributed by atoms with E-state index in [-0.39, 0.29) is 6.42 Å². The molecule has 0 aromatic heterocycles. The molecule has 1 aromatic carbocycles. The Morgan fingerprint density at radius 1 is 1.32 bits per heavy atom. The van der Waals surface area contributed by atoms with Crippen LogP contribution in [0, 0.1) is 0 Å². The molecule has 1 aromatic rings. The van der Waals surface area contributed by atoms with Gasteiger partial charge in [0.2, 0.25) is 0 Å². The quantitative estimate of drug-likeness (QED) is 0.724. The Bertz CT molecular complexity index is 724. The molecule has 0 spiro atoms. The van der Waals surface area contributed by atoms with Crippen molar-refractivity contribution < 1.29 is 19.1 Å². The van der Waals surface area contributed by atoms with Gasteiger partial charge in [0.25, 0.3) is 5.91 Å². The first kappa shape index (κ1) is 19.5. The van der Waals surface area contributed by atoms with Crippen LogP contribution in [-0.2, 0) is 14.3 Å². The van der Waals surface area contributed by atoms with Crippen LogP contribution in [0.15, 0.2) is 30.4 Å². The van der Waals surface area contributed by atoms with E-state index in [4.69, 9.17) is 27.9 Å². The Balaban J connectivity index is 2.36. The van der Waals surface area contributed by atoms with Gasteiger partial charge >= 0.3 is 6.09 Å². The Morgan fingerprint density at radius 2 is 2.00 bits per heavy atom. The average Bonchev–Trinajstić information content (AvgIpc) is 2.87. The van der Waals surface area contributed by atoms with Crippen LogP contribution in [0.1, 0.15) is 38.7 Å². The predicted octanol–water partition coefficient (Wildman–Crippen LogP) is 4.37. The molecule has 2 rings (SSSR count). The van der Waals surface area contributed by atoms with E-state index >= 15 is 0 Å². The summed E-state index contributed by atoms with van der Waals surface area (Å²) in [6.45, 7) is 5.15. The van der Waals surface area contributed by atoms with Crippen molar-refractivity contribution in [1.82, 2.24) is 4.90 Å². The number of halogens is 2. The van der Waals surface area contributed by atoms with E-state index in [2.05, 4.69) is 0 Å². The van der Waals surface area contributed by atoms with E-state index < -0.39 is 29.6 Å². The standard InChI is InChI=1S/C18H19Cl2NO4/c1-18(2,3)25-17(24)21-15(6-7-16(21)23)12(8-9-22)11-4-5-13(19)14(20)10-11/h4-7,9-10,12,15H,8H2,1-3H3/t12-,15+/m0/s1. The lowest BCUT2D eigenvalue weighted by Crippen LogP contribution is -2.45. The summed E-state index contributed by atoms with van der Waals surface area (Å²) in [6.07, 6.45) is 3.02. The van der Waals surface area contributed by atoms with Crippen molar-refractivity contribution in [3.63, 3.8) is 0 Å². The molecule has 0 bridgehead atoms. The Labute approximate surface area is 156 Å². The molecule has 0 aliphatic carbocycles. The highest BCUT2D eigenvalue weighted by Crippen LogP contribution is 2.34. The fourth-order valence-corrected chi connectivity index (χ4v) is 2.96. The van der Waals surface area contributed by atoms with Crippen LogP contribution in [0.2, 0.25) is 10.0 Å². The van der Waals surface area contributed by atoms with Gasteiger partial charge in [-0.25, -0.2) is 9.69 Å². The molecule has 0 N–H and O–H groups in total. The summed E-state index contributed by atoms with van der Waals surface area (Å²) in [7, 11) is 0. The van der Waals surface area contributed by atoms with Crippen LogP contribution < -0.4 is 0 Å². The normalized spacial score (nSPS) is 18.4. The molecule has 5 nitrogen and oxygen atoms in total. The number of carbonyl (C=O) groups excluding carboxylic acids is 3. The minimum absolute atomic E-state index is 0.111. The van der Waals surface area contributed by atoms with Gasteiger partial charge < -0.3 is 9.53 Å². The van der Waals surface area contributed by atoms with Gasteiger partial charge in [-0.1, -0.05) is 35.3 Å². The van der Waals surface area contributed by atoms with Gasteiger partial charge in [-0.2, -0.15) is 0 Å². The minimum atomic E-state index is -0.747. The molecule has 25 heavy (non-hydrogen) atoms. The number of hydrogen-bond donors (Lipinski definition) is 0. The molecule has 134 valence electrons.